The van der Waals surface area contributed by atoms with E-state index in [-0.39, 0.29) is 16.6 Å². The summed E-state index contributed by atoms with van der Waals surface area (Å²) in [6, 6.07) is 4.64. The highest BCUT2D eigenvalue weighted by molar-refractivity contribution is 6.35. The Hall–Kier alpha value is -1.45. The molecule has 2 rings (SSSR count). The number of aliphatic hydroxyl groups is 1. The van der Waals surface area contributed by atoms with Gasteiger partial charge in [0.15, 0.2) is 0 Å². The van der Waals surface area contributed by atoms with Gasteiger partial charge >= 0.3 is 0 Å². The molecule has 0 spiro atoms. The summed E-state index contributed by atoms with van der Waals surface area (Å²) in [5, 5.41) is 10.3. The van der Waals surface area contributed by atoms with Crippen LogP contribution in [0.5, 0.6) is 5.75 Å². The molecule has 3 nitrogen and oxygen atoms in total. The molecular weight excluding hydrogens is 263 g/mol. The maximum Gasteiger partial charge on any atom is 0.217 e. The molecule has 1 aromatic carbocycles. The van der Waals surface area contributed by atoms with Crippen molar-refractivity contribution < 1.29 is 14.6 Å². The smallest absolute Gasteiger partial charge is 0.217 e. The van der Waals surface area contributed by atoms with E-state index in [9.17, 15) is 9.90 Å². The summed E-state index contributed by atoms with van der Waals surface area (Å²) in [6.07, 6.45) is 3.14. The summed E-state index contributed by atoms with van der Waals surface area (Å²) in [5.41, 5.74) is 0. The molecule has 0 bridgehead atoms. The maximum absolute atomic E-state index is 11.5. The molecule has 0 saturated carbocycles. The third-order valence-electron chi connectivity index (χ3n) is 2.19. The molecule has 0 amide bonds. The Morgan fingerprint density at radius 3 is 2.71 bits per heavy atom. The van der Waals surface area contributed by atoms with E-state index in [1.165, 1.54) is 24.3 Å². The standard InChI is InChI=1S/C12H8Cl2O3/c13-7-4-5-11(8(14)6-7)17-12-9(15)2-1-3-10(12)16/h1-6,12,15H. The number of benzene rings is 1. The molecule has 1 unspecified atom stereocenters. The largest absolute Gasteiger partial charge is 0.508 e. The lowest BCUT2D eigenvalue weighted by Crippen LogP contribution is -2.29. The second kappa shape index (κ2) is 4.82. The first-order valence-electron chi connectivity index (χ1n) is 4.80. The number of carbonyl (C=O) groups excluding carboxylic acids is 1. The average molecular weight is 271 g/mol. The molecule has 1 aliphatic carbocycles. The number of aliphatic hydroxyl groups excluding tert-OH is 1. The number of ether oxygens (including phenoxy) is 1. The predicted molar refractivity (Wildman–Crippen MR) is 65.7 cm³/mol. The van der Waals surface area contributed by atoms with Gasteiger partial charge in [0, 0.05) is 5.02 Å². The van der Waals surface area contributed by atoms with Crippen molar-refractivity contribution in [1.82, 2.24) is 0 Å². The summed E-state index contributed by atoms with van der Waals surface area (Å²) in [5.74, 6) is -0.191. The molecule has 1 aliphatic rings. The average Bonchev–Trinajstić information content (AvgIpc) is 2.26. The third-order valence-corrected chi connectivity index (χ3v) is 2.72. The normalized spacial score (nSPS) is 19.1. The lowest BCUT2D eigenvalue weighted by molar-refractivity contribution is -0.120. The van der Waals surface area contributed by atoms with Gasteiger partial charge in [0.2, 0.25) is 11.9 Å². The van der Waals surface area contributed by atoms with Crippen molar-refractivity contribution in [3.05, 3.63) is 52.2 Å². The molecule has 1 N–H and O–H groups in total. The minimum Gasteiger partial charge on any atom is -0.508 e. The van der Waals surface area contributed by atoms with Gasteiger partial charge in [-0.05, 0) is 30.4 Å². The van der Waals surface area contributed by atoms with E-state index in [0.29, 0.717) is 10.8 Å². The second-order valence-corrected chi connectivity index (χ2v) is 4.27. The van der Waals surface area contributed by atoms with E-state index < -0.39 is 6.10 Å². The SMILES string of the molecule is O=C1C=CC=C(O)C1Oc1ccc(Cl)cc1Cl. The number of ketones is 1. The molecule has 5 heteroatoms. The summed E-state index contributed by atoms with van der Waals surface area (Å²) in [7, 11) is 0. The number of hydrogen-bond acceptors (Lipinski definition) is 3. The Bertz CT molecular complexity index is 520. The van der Waals surface area contributed by atoms with Gasteiger partial charge in [0.1, 0.15) is 11.5 Å². The van der Waals surface area contributed by atoms with Crippen molar-refractivity contribution >= 4 is 29.0 Å². The fraction of sp³-hybridized carbons (Fsp3) is 0.0833. The number of hydrogen-bond donors (Lipinski definition) is 1. The van der Waals surface area contributed by atoms with E-state index in [1.54, 1.807) is 12.1 Å². The van der Waals surface area contributed by atoms with Crippen molar-refractivity contribution in [2.75, 3.05) is 0 Å². The van der Waals surface area contributed by atoms with Crippen LogP contribution >= 0.6 is 23.2 Å². The van der Waals surface area contributed by atoms with E-state index in [1.807, 2.05) is 0 Å². The maximum atomic E-state index is 11.5. The Morgan fingerprint density at radius 1 is 1.29 bits per heavy atom. The van der Waals surface area contributed by atoms with Crippen LogP contribution in [0.2, 0.25) is 10.0 Å². The van der Waals surface area contributed by atoms with E-state index in [0.717, 1.165) is 0 Å². The van der Waals surface area contributed by atoms with Gasteiger partial charge in [0.05, 0.1) is 5.02 Å². The van der Waals surface area contributed by atoms with Crippen molar-refractivity contribution in [3.8, 4) is 5.75 Å². The van der Waals surface area contributed by atoms with Crippen LogP contribution in [-0.4, -0.2) is 17.0 Å². The van der Waals surface area contributed by atoms with Crippen LogP contribution in [0, 0.1) is 0 Å². The molecule has 1 aromatic rings. The summed E-state index contributed by atoms with van der Waals surface area (Å²) < 4.78 is 5.36. The van der Waals surface area contributed by atoms with Crippen LogP contribution < -0.4 is 4.74 Å². The van der Waals surface area contributed by atoms with Crippen molar-refractivity contribution in [2.45, 2.75) is 6.10 Å². The minimum atomic E-state index is -1.04. The Kier molecular flexibility index (Phi) is 3.41. The molecule has 0 heterocycles. The third kappa shape index (κ3) is 2.62. The summed E-state index contributed by atoms with van der Waals surface area (Å²) >= 11 is 11.6. The van der Waals surface area contributed by atoms with Crippen LogP contribution in [0.25, 0.3) is 0 Å². The highest BCUT2D eigenvalue weighted by atomic mass is 35.5. The lowest BCUT2D eigenvalue weighted by atomic mass is 10.1. The van der Waals surface area contributed by atoms with Crippen LogP contribution in [0.15, 0.2) is 42.2 Å². The van der Waals surface area contributed by atoms with Crippen molar-refractivity contribution in [3.63, 3.8) is 0 Å². The Labute approximate surface area is 108 Å². The fourth-order valence-electron chi connectivity index (χ4n) is 1.38. The number of carbonyl (C=O) groups is 1. The van der Waals surface area contributed by atoms with E-state index >= 15 is 0 Å². The van der Waals surface area contributed by atoms with Crippen LogP contribution in [-0.2, 0) is 4.79 Å². The molecule has 0 aliphatic heterocycles. The zero-order valence-corrected chi connectivity index (χ0v) is 10.1. The quantitative estimate of drug-likeness (QED) is 0.897. The first-order chi connectivity index (χ1) is 8.08. The van der Waals surface area contributed by atoms with Gasteiger partial charge < -0.3 is 9.84 Å². The molecule has 0 aromatic heterocycles. The second-order valence-electron chi connectivity index (χ2n) is 3.43. The monoisotopic (exact) mass is 270 g/mol. The van der Waals surface area contributed by atoms with Gasteiger partial charge in [0.25, 0.3) is 0 Å². The summed E-state index contributed by atoms with van der Waals surface area (Å²) in [6.45, 7) is 0. The van der Waals surface area contributed by atoms with Crippen LogP contribution in [0.3, 0.4) is 0 Å². The van der Waals surface area contributed by atoms with Crippen LogP contribution in [0.4, 0.5) is 0 Å². The first-order valence-corrected chi connectivity index (χ1v) is 5.56. The number of halogens is 2. The molecular formula is C12H8Cl2O3. The van der Waals surface area contributed by atoms with Gasteiger partial charge in [-0.25, -0.2) is 0 Å². The lowest BCUT2D eigenvalue weighted by Gasteiger charge is -2.18. The molecule has 0 saturated heterocycles. The van der Waals surface area contributed by atoms with E-state index in [4.69, 9.17) is 27.9 Å². The predicted octanol–water partition coefficient (Wildman–Crippen LogP) is 3.32. The summed E-state index contributed by atoms with van der Waals surface area (Å²) in [4.78, 5) is 11.5. The highest BCUT2D eigenvalue weighted by Gasteiger charge is 2.25. The molecule has 0 radical (unpaired) electrons. The van der Waals surface area contributed by atoms with Gasteiger partial charge in [-0.15, -0.1) is 0 Å². The fourth-order valence-corrected chi connectivity index (χ4v) is 1.83. The highest BCUT2D eigenvalue weighted by Crippen LogP contribution is 2.29. The Balaban J connectivity index is 2.24. The zero-order valence-electron chi connectivity index (χ0n) is 8.56. The Morgan fingerprint density at radius 2 is 2.06 bits per heavy atom. The van der Waals surface area contributed by atoms with Gasteiger partial charge in [-0.2, -0.15) is 0 Å². The minimum absolute atomic E-state index is 0.150. The van der Waals surface area contributed by atoms with Crippen molar-refractivity contribution in [2.24, 2.45) is 0 Å². The molecule has 0 fully saturated rings. The first kappa shape index (κ1) is 12.0. The number of rotatable bonds is 2. The molecule has 1 atom stereocenters. The molecule has 88 valence electrons. The van der Waals surface area contributed by atoms with Gasteiger partial charge in [-0.1, -0.05) is 29.3 Å². The van der Waals surface area contributed by atoms with Gasteiger partial charge in [-0.3, -0.25) is 4.79 Å². The van der Waals surface area contributed by atoms with E-state index in [2.05, 4.69) is 0 Å². The van der Waals surface area contributed by atoms with Crippen LogP contribution in [0.1, 0.15) is 0 Å². The van der Waals surface area contributed by atoms with Crippen molar-refractivity contribution in [1.29, 1.82) is 0 Å². The number of allylic oxidation sites excluding steroid dienone is 2. The molecule has 17 heavy (non-hydrogen) atoms. The topological polar surface area (TPSA) is 46.5 Å². The zero-order chi connectivity index (χ0) is 12.4.